The number of nitrogens with one attached hydrogen (secondary N) is 2. The van der Waals surface area contributed by atoms with Gasteiger partial charge in [-0.1, -0.05) is 6.42 Å². The van der Waals surface area contributed by atoms with Gasteiger partial charge in [0.15, 0.2) is 0 Å². The third-order valence-corrected chi connectivity index (χ3v) is 4.21. The van der Waals surface area contributed by atoms with Crippen LogP contribution in [0.25, 0.3) is 11.3 Å². The van der Waals surface area contributed by atoms with Crippen molar-refractivity contribution in [3.8, 4) is 11.3 Å². The smallest absolute Gasteiger partial charge is 0.265 e. The van der Waals surface area contributed by atoms with Crippen LogP contribution in [0.4, 0.5) is 8.78 Å². The van der Waals surface area contributed by atoms with E-state index in [1.165, 1.54) is 29.6 Å². The molecule has 0 amide bonds. The van der Waals surface area contributed by atoms with Gasteiger partial charge in [-0.05, 0) is 19.4 Å². The molecule has 2 aromatic rings. The first kappa shape index (κ1) is 12.7. The normalized spacial score (nSPS) is 20.1. The van der Waals surface area contributed by atoms with Gasteiger partial charge in [0.05, 0.1) is 17.9 Å². The van der Waals surface area contributed by atoms with Gasteiger partial charge >= 0.3 is 0 Å². The predicted molar refractivity (Wildman–Crippen MR) is 71.5 cm³/mol. The van der Waals surface area contributed by atoms with E-state index in [0.29, 0.717) is 11.3 Å². The first-order valence-electron chi connectivity index (χ1n) is 6.38. The Morgan fingerprint density at radius 3 is 2.95 bits per heavy atom. The number of alkyl halides is 2. The molecule has 2 N–H and O–H groups in total. The lowest BCUT2D eigenvalue weighted by Crippen LogP contribution is -2.27. The Bertz CT molecular complexity index is 544. The van der Waals surface area contributed by atoms with E-state index < -0.39 is 6.43 Å². The van der Waals surface area contributed by atoms with Crippen LogP contribution in [0, 0.1) is 0 Å². The molecule has 0 spiro atoms. The third kappa shape index (κ3) is 2.55. The lowest BCUT2D eigenvalue weighted by Gasteiger charge is -2.21. The van der Waals surface area contributed by atoms with Gasteiger partial charge in [-0.15, -0.1) is 0 Å². The summed E-state index contributed by atoms with van der Waals surface area (Å²) < 4.78 is 25.7. The minimum absolute atomic E-state index is 0.0804. The highest BCUT2D eigenvalue weighted by Gasteiger charge is 2.20. The van der Waals surface area contributed by atoms with Crippen molar-refractivity contribution >= 4 is 11.3 Å². The molecule has 0 aliphatic carbocycles. The quantitative estimate of drug-likeness (QED) is 0.897. The van der Waals surface area contributed by atoms with Crippen molar-refractivity contribution in [1.82, 2.24) is 15.3 Å². The molecule has 2 aromatic heterocycles. The number of hydrogen-bond acceptors (Lipinski definition) is 3. The molecule has 3 nitrogen and oxygen atoms in total. The molecule has 0 bridgehead atoms. The van der Waals surface area contributed by atoms with E-state index in [9.17, 15) is 8.78 Å². The maximum absolute atomic E-state index is 12.9. The Hall–Kier alpha value is -1.27. The average molecular weight is 283 g/mol. The second kappa shape index (κ2) is 5.38. The third-order valence-electron chi connectivity index (χ3n) is 3.45. The number of nitrogens with zero attached hydrogens (tertiary/aromatic N) is 1. The van der Waals surface area contributed by atoms with E-state index in [-0.39, 0.29) is 11.6 Å². The van der Waals surface area contributed by atoms with Gasteiger partial charge in [0.2, 0.25) is 0 Å². The summed E-state index contributed by atoms with van der Waals surface area (Å²) in [5.41, 5.74) is 1.32. The monoisotopic (exact) mass is 283 g/mol. The maximum Gasteiger partial charge on any atom is 0.265 e. The van der Waals surface area contributed by atoms with Crippen molar-refractivity contribution < 1.29 is 8.78 Å². The summed E-state index contributed by atoms with van der Waals surface area (Å²) in [4.78, 5) is 7.52. The molecule has 1 unspecified atom stereocenters. The topological polar surface area (TPSA) is 40.7 Å². The SMILES string of the molecule is FC(F)c1cscc1-c1cnc(C2CCCCN2)[nH]1. The number of aromatic nitrogens is 2. The molecule has 1 aliphatic heterocycles. The minimum atomic E-state index is -2.44. The zero-order valence-corrected chi connectivity index (χ0v) is 11.1. The first-order chi connectivity index (χ1) is 9.25. The standard InChI is InChI=1S/C13H15F2N3S/c14-12(15)9-7-19-6-8(9)11-5-17-13(18-11)10-3-1-2-4-16-10/h5-7,10,12,16H,1-4H2,(H,17,18). The maximum atomic E-state index is 12.9. The van der Waals surface area contributed by atoms with Gasteiger partial charge in [0, 0.05) is 21.9 Å². The summed E-state index contributed by atoms with van der Waals surface area (Å²) in [5, 5.41) is 6.63. The molecule has 1 aliphatic rings. The lowest BCUT2D eigenvalue weighted by molar-refractivity contribution is 0.152. The fourth-order valence-electron chi connectivity index (χ4n) is 2.43. The van der Waals surface area contributed by atoms with Crippen molar-refractivity contribution in [1.29, 1.82) is 0 Å². The van der Waals surface area contributed by atoms with Crippen molar-refractivity contribution in [3.63, 3.8) is 0 Å². The number of rotatable bonds is 3. The Kier molecular flexibility index (Phi) is 3.61. The van der Waals surface area contributed by atoms with Gasteiger partial charge in [-0.25, -0.2) is 13.8 Å². The second-order valence-electron chi connectivity index (χ2n) is 4.73. The van der Waals surface area contributed by atoms with Gasteiger partial charge in [-0.2, -0.15) is 11.3 Å². The minimum Gasteiger partial charge on any atom is -0.341 e. The van der Waals surface area contributed by atoms with E-state index in [0.717, 1.165) is 18.8 Å². The van der Waals surface area contributed by atoms with Gasteiger partial charge in [0.25, 0.3) is 6.43 Å². The number of aromatic amines is 1. The molecule has 0 radical (unpaired) electrons. The predicted octanol–water partition coefficient (Wildman–Crippen LogP) is 3.89. The van der Waals surface area contributed by atoms with Gasteiger partial charge in [0.1, 0.15) is 5.82 Å². The summed E-state index contributed by atoms with van der Waals surface area (Å²) in [6, 6.07) is 0.219. The summed E-state index contributed by atoms with van der Waals surface area (Å²) in [6.45, 7) is 0.988. The molecule has 6 heteroatoms. The van der Waals surface area contributed by atoms with Gasteiger partial charge in [-0.3, -0.25) is 0 Å². The Morgan fingerprint density at radius 2 is 2.21 bits per heavy atom. The molecule has 19 heavy (non-hydrogen) atoms. The van der Waals surface area contributed by atoms with E-state index in [4.69, 9.17) is 0 Å². The summed E-state index contributed by atoms with van der Waals surface area (Å²) in [7, 11) is 0. The number of imidazole rings is 1. The molecular weight excluding hydrogens is 268 g/mol. The number of piperidine rings is 1. The summed E-state index contributed by atoms with van der Waals surface area (Å²) >= 11 is 1.29. The van der Waals surface area contributed by atoms with Crippen molar-refractivity contribution in [2.24, 2.45) is 0 Å². The zero-order valence-electron chi connectivity index (χ0n) is 10.3. The van der Waals surface area contributed by atoms with Crippen molar-refractivity contribution in [2.75, 3.05) is 6.54 Å². The second-order valence-corrected chi connectivity index (χ2v) is 5.47. The number of halogens is 2. The fraction of sp³-hybridized carbons (Fsp3) is 0.462. The van der Waals surface area contributed by atoms with Crippen LogP contribution in [-0.4, -0.2) is 16.5 Å². The molecule has 0 saturated carbocycles. The number of H-pyrrole nitrogens is 1. The molecule has 1 fully saturated rings. The van der Waals surface area contributed by atoms with E-state index in [1.807, 2.05) is 0 Å². The number of hydrogen-bond donors (Lipinski definition) is 2. The molecule has 0 aromatic carbocycles. The van der Waals surface area contributed by atoms with Crippen LogP contribution in [0.3, 0.4) is 0 Å². The number of thiophene rings is 1. The Morgan fingerprint density at radius 1 is 1.32 bits per heavy atom. The molecule has 1 saturated heterocycles. The zero-order chi connectivity index (χ0) is 13.2. The molecular formula is C13H15F2N3S. The van der Waals surface area contributed by atoms with E-state index in [2.05, 4.69) is 15.3 Å². The van der Waals surface area contributed by atoms with Gasteiger partial charge < -0.3 is 10.3 Å². The summed E-state index contributed by atoms with van der Waals surface area (Å²) in [6.07, 6.45) is 2.61. The van der Waals surface area contributed by atoms with Crippen LogP contribution >= 0.6 is 11.3 Å². The molecule has 3 rings (SSSR count). The lowest BCUT2D eigenvalue weighted by atomic mass is 10.0. The highest BCUT2D eigenvalue weighted by molar-refractivity contribution is 7.08. The van der Waals surface area contributed by atoms with Crippen LogP contribution in [-0.2, 0) is 0 Å². The molecule has 102 valence electrons. The Labute approximate surface area is 114 Å². The largest absolute Gasteiger partial charge is 0.341 e. The van der Waals surface area contributed by atoms with Crippen molar-refractivity contribution in [3.05, 3.63) is 28.3 Å². The fourth-order valence-corrected chi connectivity index (χ4v) is 3.27. The van der Waals surface area contributed by atoms with Crippen LogP contribution in [0.1, 0.15) is 43.1 Å². The van der Waals surface area contributed by atoms with Crippen molar-refractivity contribution in [2.45, 2.75) is 31.7 Å². The van der Waals surface area contributed by atoms with Crippen LogP contribution in [0.2, 0.25) is 0 Å². The highest BCUT2D eigenvalue weighted by atomic mass is 32.1. The van der Waals surface area contributed by atoms with E-state index >= 15 is 0 Å². The molecule has 1 atom stereocenters. The van der Waals surface area contributed by atoms with E-state index in [1.54, 1.807) is 11.6 Å². The Balaban J connectivity index is 1.86. The molecule has 3 heterocycles. The van der Waals surface area contributed by atoms with Crippen LogP contribution in [0.15, 0.2) is 17.0 Å². The average Bonchev–Trinajstić information content (AvgIpc) is 3.08. The highest BCUT2D eigenvalue weighted by Crippen LogP contribution is 2.34. The first-order valence-corrected chi connectivity index (χ1v) is 7.33. The summed E-state index contributed by atoms with van der Waals surface area (Å²) in [5.74, 6) is 0.848. The van der Waals surface area contributed by atoms with Crippen LogP contribution < -0.4 is 5.32 Å². The van der Waals surface area contributed by atoms with Crippen LogP contribution in [0.5, 0.6) is 0 Å².